The van der Waals surface area contributed by atoms with Gasteiger partial charge < -0.3 is 9.64 Å². The standard InChI is InChI=1S/C21H26ClNO/c1-21(17-7-4-3-5-8-17,18-10-12-19(22)13-11-18)24-16-14-20-9-6-15-23(20)2/h3-5,7-8,10-13,20H,6,9,14-16H2,1-2H3/t20-,21-/m1/s1/i1D3,2D3,6D2,9D2,15D2,20D. The van der Waals surface area contributed by atoms with Crippen LogP contribution < -0.4 is 0 Å². The van der Waals surface area contributed by atoms with E-state index < -0.39 is 57.7 Å². The molecule has 0 saturated carbocycles. The Balaban J connectivity index is 2.12. The minimum absolute atomic E-state index is 0.0990. The normalized spacial score (nSPS) is 39.3. The minimum Gasteiger partial charge on any atom is -0.366 e. The molecule has 2 aromatic rings. The molecule has 0 aliphatic carbocycles. The van der Waals surface area contributed by atoms with Crippen LogP contribution in [-0.2, 0) is 10.3 Å². The molecule has 0 unspecified atom stereocenters. The van der Waals surface area contributed by atoms with Gasteiger partial charge in [-0.2, -0.15) is 0 Å². The maximum Gasteiger partial charge on any atom is 0.115 e. The Bertz CT molecular complexity index is 1100. The average Bonchev–Trinajstić information content (AvgIpc) is 2.83. The maximum atomic E-state index is 8.78. The van der Waals surface area contributed by atoms with Crippen LogP contribution >= 0.6 is 11.6 Å². The molecule has 24 heavy (non-hydrogen) atoms. The summed E-state index contributed by atoms with van der Waals surface area (Å²) in [6, 6.07) is 10.7. The van der Waals surface area contributed by atoms with Gasteiger partial charge in [0, 0.05) is 35.5 Å². The van der Waals surface area contributed by atoms with Gasteiger partial charge in [-0.3, -0.25) is 0 Å². The van der Waals surface area contributed by atoms with Gasteiger partial charge in [0.1, 0.15) is 5.60 Å². The highest BCUT2D eigenvalue weighted by atomic mass is 35.5. The van der Waals surface area contributed by atoms with Crippen molar-refractivity contribution in [3.8, 4) is 0 Å². The number of halogens is 1. The molecule has 2 atom stereocenters. The number of likely N-dealkylation sites (tertiary alicyclic amines) is 1. The molecule has 2 nitrogen and oxygen atoms in total. The zero-order chi connectivity index (χ0) is 28.3. The SMILES string of the molecule is [2H]C([2H])([2H])N1C([2H])([2H])C([2H])([2H])C([2H])([2H])[C@]1([2H])CCO[C@](c1ccccc1)(c1ccc(Cl)cc1)C([2H])([2H])[2H]. The zero-order valence-electron chi connectivity index (χ0n) is 25.8. The molecule has 0 amide bonds. The molecule has 2 aromatic carbocycles. The Morgan fingerprint density at radius 3 is 2.71 bits per heavy atom. The van der Waals surface area contributed by atoms with Gasteiger partial charge in [0.05, 0.1) is 0 Å². The summed E-state index contributed by atoms with van der Waals surface area (Å²) in [6.45, 7) is -10.4. The van der Waals surface area contributed by atoms with Crippen molar-refractivity contribution >= 4 is 11.6 Å². The summed E-state index contributed by atoms with van der Waals surface area (Å²) in [4.78, 5) is -0.0990. The first-order valence-corrected chi connectivity index (χ1v) is 7.82. The summed E-state index contributed by atoms with van der Waals surface area (Å²) >= 11 is 6.00. The van der Waals surface area contributed by atoms with E-state index in [9.17, 15) is 0 Å². The average molecular weight is 357 g/mol. The van der Waals surface area contributed by atoms with E-state index in [4.69, 9.17) is 34.2 Å². The fraction of sp³-hybridized carbons (Fsp3) is 0.429. The lowest BCUT2D eigenvalue weighted by atomic mass is 9.88. The lowest BCUT2D eigenvalue weighted by molar-refractivity contribution is -0.0117. The van der Waals surface area contributed by atoms with Crippen LogP contribution in [0.2, 0.25) is 5.02 Å². The second-order valence-corrected chi connectivity index (χ2v) is 5.73. The van der Waals surface area contributed by atoms with Crippen molar-refractivity contribution in [2.24, 2.45) is 0 Å². The Morgan fingerprint density at radius 1 is 1.25 bits per heavy atom. The van der Waals surface area contributed by atoms with E-state index in [2.05, 4.69) is 0 Å². The lowest BCUT2D eigenvalue weighted by Crippen LogP contribution is -2.31. The second kappa shape index (κ2) is 7.69. The van der Waals surface area contributed by atoms with Crippen LogP contribution in [0.3, 0.4) is 0 Å². The van der Waals surface area contributed by atoms with E-state index in [1.165, 1.54) is 36.4 Å². The highest BCUT2D eigenvalue weighted by Crippen LogP contribution is 2.34. The van der Waals surface area contributed by atoms with E-state index in [0.717, 1.165) is 0 Å². The van der Waals surface area contributed by atoms with Crippen LogP contribution in [0, 0.1) is 0 Å². The van der Waals surface area contributed by atoms with Gasteiger partial charge in [-0.05, 0) is 62.8 Å². The second-order valence-electron chi connectivity index (χ2n) is 5.30. The molecule has 0 bridgehead atoms. The molecule has 1 aliphatic rings. The summed E-state index contributed by atoms with van der Waals surface area (Å²) in [5, 5.41) is 0.332. The van der Waals surface area contributed by atoms with Crippen molar-refractivity contribution in [1.82, 2.24) is 4.90 Å². The van der Waals surface area contributed by atoms with Crippen molar-refractivity contribution in [1.29, 1.82) is 0 Å². The number of hydrogen-bond donors (Lipinski definition) is 0. The first-order chi connectivity index (χ1) is 16.7. The number of benzene rings is 2. The quantitative estimate of drug-likeness (QED) is 0.713. The van der Waals surface area contributed by atoms with Crippen molar-refractivity contribution in [3.63, 3.8) is 0 Å². The van der Waals surface area contributed by atoms with Crippen molar-refractivity contribution in [2.75, 3.05) is 20.1 Å². The third kappa shape index (κ3) is 3.83. The summed E-state index contributed by atoms with van der Waals surface area (Å²) in [5.41, 5.74) is -1.79. The Morgan fingerprint density at radius 2 is 2.00 bits per heavy atom. The number of hydrogen-bond acceptors (Lipinski definition) is 2. The monoisotopic (exact) mass is 356 g/mol. The van der Waals surface area contributed by atoms with Crippen LogP contribution in [0.4, 0.5) is 0 Å². The molecule has 0 radical (unpaired) electrons. The molecule has 1 fully saturated rings. The molecule has 1 heterocycles. The Hall–Kier alpha value is -1.35. The van der Waals surface area contributed by atoms with E-state index in [0.29, 0.717) is 5.02 Å². The smallest absolute Gasteiger partial charge is 0.115 e. The minimum atomic E-state index is -3.40. The molecular formula is C21H26ClNO. The van der Waals surface area contributed by atoms with Gasteiger partial charge in [0.2, 0.25) is 0 Å². The predicted octanol–water partition coefficient (Wildman–Crippen LogP) is 5.10. The first-order valence-electron chi connectivity index (χ1n) is 13.9. The molecule has 128 valence electrons. The zero-order valence-corrected chi connectivity index (χ0v) is 13.6. The third-order valence-electron chi connectivity index (χ3n) is 3.73. The van der Waals surface area contributed by atoms with Crippen LogP contribution in [0.1, 0.15) is 55.0 Å². The van der Waals surface area contributed by atoms with Gasteiger partial charge >= 0.3 is 0 Å². The summed E-state index contributed by atoms with van der Waals surface area (Å²) < 4.78 is 112. The third-order valence-corrected chi connectivity index (χ3v) is 3.98. The van der Waals surface area contributed by atoms with Crippen LogP contribution in [-0.4, -0.2) is 31.0 Å². The van der Waals surface area contributed by atoms with Crippen molar-refractivity contribution in [3.05, 3.63) is 70.7 Å². The summed E-state index contributed by atoms with van der Waals surface area (Å²) in [7, 11) is 0. The molecule has 1 aliphatic heterocycles. The molecule has 3 heteroatoms. The Labute approximate surface area is 168 Å². The highest BCUT2D eigenvalue weighted by molar-refractivity contribution is 6.30. The van der Waals surface area contributed by atoms with Crippen LogP contribution in [0.5, 0.6) is 0 Å². The molecule has 0 spiro atoms. The Kier molecular flexibility index (Phi) is 2.40. The largest absolute Gasteiger partial charge is 0.366 e. The first kappa shape index (κ1) is 7.49. The van der Waals surface area contributed by atoms with E-state index >= 15 is 0 Å². The number of nitrogens with zero attached hydrogens (tertiary/aromatic N) is 1. The lowest BCUT2D eigenvalue weighted by Gasteiger charge is -2.32. The van der Waals surface area contributed by atoms with Crippen molar-refractivity contribution in [2.45, 2.75) is 37.6 Å². The van der Waals surface area contributed by atoms with Gasteiger partial charge in [-0.15, -0.1) is 0 Å². The molecule has 1 saturated heterocycles. The van der Waals surface area contributed by atoms with Crippen molar-refractivity contribution < 1.29 is 22.6 Å². The van der Waals surface area contributed by atoms with E-state index in [-0.39, 0.29) is 16.0 Å². The van der Waals surface area contributed by atoms with Gasteiger partial charge in [-0.25, -0.2) is 0 Å². The fourth-order valence-corrected chi connectivity index (χ4v) is 2.57. The predicted molar refractivity (Wildman–Crippen MR) is 101 cm³/mol. The molecule has 0 N–H and O–H groups in total. The molecule has 0 aromatic heterocycles. The highest BCUT2D eigenvalue weighted by Gasteiger charge is 2.30. The summed E-state index contributed by atoms with van der Waals surface area (Å²) in [5.74, 6) is 0. The van der Waals surface area contributed by atoms with Gasteiger partial charge in [0.25, 0.3) is 0 Å². The summed E-state index contributed by atoms with van der Waals surface area (Å²) in [6.07, 6.45) is -7.58. The number of rotatable bonds is 6. The van der Waals surface area contributed by atoms with Gasteiger partial charge in [0.15, 0.2) is 0 Å². The van der Waals surface area contributed by atoms with Crippen LogP contribution in [0.25, 0.3) is 0 Å². The van der Waals surface area contributed by atoms with Gasteiger partial charge in [-0.1, -0.05) is 54.1 Å². The number of ether oxygens (including phenoxy) is 1. The van der Waals surface area contributed by atoms with Crippen LogP contribution in [0.15, 0.2) is 54.6 Å². The molecular weight excluding hydrogens is 318 g/mol. The topological polar surface area (TPSA) is 12.5 Å². The maximum absolute atomic E-state index is 8.78. The van der Waals surface area contributed by atoms with E-state index in [1.807, 2.05) is 0 Å². The molecule has 3 rings (SSSR count). The van der Waals surface area contributed by atoms with E-state index in [1.54, 1.807) is 18.2 Å². The fourth-order valence-electron chi connectivity index (χ4n) is 2.45.